The first kappa shape index (κ1) is 19.8. The molecule has 3 rings (SSSR count). The number of para-hydroxylation sites is 1. The molecule has 0 saturated carbocycles. The molecule has 0 unspecified atom stereocenters. The number of alkyl halides is 3. The highest BCUT2D eigenvalue weighted by molar-refractivity contribution is 6.33. The molecule has 1 heterocycles. The lowest BCUT2D eigenvalue weighted by molar-refractivity contribution is -0.146. The first-order valence-electron chi connectivity index (χ1n) is 8.11. The quantitative estimate of drug-likeness (QED) is 0.605. The molecule has 0 fully saturated rings. The van der Waals surface area contributed by atoms with Crippen molar-refractivity contribution in [2.24, 2.45) is 0 Å². The van der Waals surface area contributed by atoms with Gasteiger partial charge in [0.05, 0.1) is 22.7 Å². The predicted molar refractivity (Wildman–Crippen MR) is 98.0 cm³/mol. The fourth-order valence-corrected chi connectivity index (χ4v) is 2.78. The minimum Gasteiger partial charge on any atom is -0.455 e. The number of H-pyrrole nitrogens is 1. The molecule has 3 aromatic rings. The van der Waals surface area contributed by atoms with Crippen LogP contribution in [-0.2, 0) is 26.9 Å². The number of amides is 1. The van der Waals surface area contributed by atoms with E-state index in [1.54, 1.807) is 6.20 Å². The second kappa shape index (κ2) is 7.93. The molecule has 146 valence electrons. The molecule has 2 aromatic carbocycles. The van der Waals surface area contributed by atoms with Crippen molar-refractivity contribution >= 4 is 40.1 Å². The Morgan fingerprint density at radius 1 is 1.14 bits per heavy atom. The van der Waals surface area contributed by atoms with Crippen molar-refractivity contribution in [1.82, 2.24) is 4.98 Å². The molecule has 0 atom stereocenters. The summed E-state index contributed by atoms with van der Waals surface area (Å²) in [5.74, 6) is -1.44. The van der Waals surface area contributed by atoms with Crippen LogP contribution in [0.1, 0.15) is 11.1 Å². The number of fused-ring (bicyclic) bond motifs is 1. The van der Waals surface area contributed by atoms with E-state index in [2.05, 4.69) is 10.3 Å². The van der Waals surface area contributed by atoms with Gasteiger partial charge in [-0.1, -0.05) is 29.8 Å². The molecule has 0 aliphatic carbocycles. The molecule has 2 N–H and O–H groups in total. The number of anilines is 1. The Balaban J connectivity index is 1.58. The monoisotopic (exact) mass is 410 g/mol. The predicted octanol–water partition coefficient (Wildman–Crippen LogP) is 4.56. The van der Waals surface area contributed by atoms with Crippen LogP contribution in [0, 0.1) is 0 Å². The number of carbonyl (C=O) groups is 2. The fourth-order valence-electron chi connectivity index (χ4n) is 2.61. The minimum absolute atomic E-state index is 0.0540. The molecule has 0 saturated heterocycles. The van der Waals surface area contributed by atoms with E-state index >= 15 is 0 Å². The van der Waals surface area contributed by atoms with Crippen LogP contribution in [0.25, 0.3) is 10.9 Å². The van der Waals surface area contributed by atoms with Gasteiger partial charge in [-0.3, -0.25) is 9.59 Å². The lowest BCUT2D eigenvalue weighted by atomic mass is 10.1. The van der Waals surface area contributed by atoms with Gasteiger partial charge < -0.3 is 15.0 Å². The van der Waals surface area contributed by atoms with E-state index in [9.17, 15) is 22.8 Å². The van der Waals surface area contributed by atoms with E-state index in [1.165, 1.54) is 0 Å². The van der Waals surface area contributed by atoms with Crippen LogP contribution < -0.4 is 5.32 Å². The zero-order chi connectivity index (χ0) is 20.3. The molecular formula is C19H14ClF3N2O3. The minimum atomic E-state index is -4.57. The van der Waals surface area contributed by atoms with Gasteiger partial charge in [0.2, 0.25) is 0 Å². The van der Waals surface area contributed by atoms with E-state index in [4.69, 9.17) is 16.3 Å². The van der Waals surface area contributed by atoms with Crippen LogP contribution in [-0.4, -0.2) is 23.5 Å². The summed E-state index contributed by atoms with van der Waals surface area (Å²) in [5.41, 5.74) is 0.405. The Hall–Kier alpha value is -3.00. The number of aromatic nitrogens is 1. The van der Waals surface area contributed by atoms with Crippen molar-refractivity contribution in [2.75, 3.05) is 11.9 Å². The van der Waals surface area contributed by atoms with Gasteiger partial charge in [0.1, 0.15) is 0 Å². The van der Waals surface area contributed by atoms with Gasteiger partial charge >= 0.3 is 12.1 Å². The lowest BCUT2D eigenvalue weighted by Gasteiger charge is -2.11. The van der Waals surface area contributed by atoms with Crippen molar-refractivity contribution in [3.8, 4) is 0 Å². The van der Waals surface area contributed by atoms with Gasteiger partial charge in [0, 0.05) is 17.1 Å². The first-order chi connectivity index (χ1) is 13.2. The van der Waals surface area contributed by atoms with Crippen LogP contribution in [0.4, 0.5) is 18.9 Å². The Labute approximate surface area is 162 Å². The number of nitrogens with one attached hydrogen (secondary N) is 2. The van der Waals surface area contributed by atoms with E-state index in [0.717, 1.165) is 23.0 Å². The van der Waals surface area contributed by atoms with Crippen molar-refractivity contribution < 1.29 is 27.5 Å². The summed E-state index contributed by atoms with van der Waals surface area (Å²) >= 11 is 5.81. The van der Waals surface area contributed by atoms with E-state index in [0.29, 0.717) is 11.6 Å². The molecule has 9 heteroatoms. The Morgan fingerprint density at radius 2 is 1.89 bits per heavy atom. The number of aromatic amines is 1. The SMILES string of the molecule is O=C(COC(=O)Cc1c[nH]c2ccccc12)Nc1cc(C(F)(F)F)ccc1Cl. The summed E-state index contributed by atoms with van der Waals surface area (Å²) in [6.07, 6.45) is -2.95. The Kier molecular flexibility index (Phi) is 5.60. The zero-order valence-electron chi connectivity index (χ0n) is 14.3. The molecule has 0 aliphatic heterocycles. The maximum Gasteiger partial charge on any atom is 0.416 e. The number of ether oxygens (including phenoxy) is 1. The molecule has 5 nitrogen and oxygen atoms in total. The van der Waals surface area contributed by atoms with E-state index in [1.807, 2.05) is 24.3 Å². The average Bonchev–Trinajstić information content (AvgIpc) is 3.04. The highest BCUT2D eigenvalue weighted by Crippen LogP contribution is 2.33. The van der Waals surface area contributed by atoms with Crippen LogP contribution in [0.5, 0.6) is 0 Å². The summed E-state index contributed by atoms with van der Waals surface area (Å²) in [4.78, 5) is 26.9. The Bertz CT molecular complexity index is 1030. The standard InChI is InChI=1S/C19H14ClF3N2O3/c20-14-6-5-12(19(21,22)23)8-16(14)25-17(26)10-28-18(27)7-11-9-24-15-4-2-1-3-13(11)15/h1-6,8-9,24H,7,10H2,(H,25,26). The number of hydrogen-bond acceptors (Lipinski definition) is 3. The molecule has 0 radical (unpaired) electrons. The molecule has 1 amide bonds. The molecule has 28 heavy (non-hydrogen) atoms. The zero-order valence-corrected chi connectivity index (χ0v) is 15.0. The van der Waals surface area contributed by atoms with E-state index in [-0.39, 0.29) is 17.1 Å². The van der Waals surface area contributed by atoms with Crippen LogP contribution in [0.15, 0.2) is 48.7 Å². The summed E-state index contributed by atoms with van der Waals surface area (Å²) in [6.45, 7) is -0.645. The van der Waals surface area contributed by atoms with Gasteiger partial charge in [-0.05, 0) is 29.8 Å². The van der Waals surface area contributed by atoms with Crippen molar-refractivity contribution in [1.29, 1.82) is 0 Å². The molecule has 0 aliphatic rings. The lowest BCUT2D eigenvalue weighted by Crippen LogP contribution is -2.22. The molecule has 0 bridgehead atoms. The smallest absolute Gasteiger partial charge is 0.416 e. The van der Waals surface area contributed by atoms with Crippen molar-refractivity contribution in [3.05, 3.63) is 64.8 Å². The highest BCUT2D eigenvalue weighted by Gasteiger charge is 2.31. The number of benzene rings is 2. The van der Waals surface area contributed by atoms with Crippen LogP contribution in [0.2, 0.25) is 5.02 Å². The third-order valence-corrected chi connectivity index (χ3v) is 4.27. The van der Waals surface area contributed by atoms with Gasteiger partial charge in [0.25, 0.3) is 5.91 Å². The Morgan fingerprint density at radius 3 is 2.64 bits per heavy atom. The summed E-state index contributed by atoms with van der Waals surface area (Å²) < 4.78 is 43.2. The van der Waals surface area contributed by atoms with E-state index < -0.39 is 30.2 Å². The number of esters is 1. The third kappa shape index (κ3) is 4.64. The number of carbonyl (C=O) groups excluding carboxylic acids is 2. The second-order valence-corrected chi connectivity index (χ2v) is 6.34. The topological polar surface area (TPSA) is 71.2 Å². The largest absolute Gasteiger partial charge is 0.455 e. The molecular weight excluding hydrogens is 397 g/mol. The average molecular weight is 411 g/mol. The highest BCUT2D eigenvalue weighted by atomic mass is 35.5. The summed E-state index contributed by atoms with van der Waals surface area (Å²) in [7, 11) is 0. The normalized spacial score (nSPS) is 11.4. The maximum atomic E-state index is 12.8. The third-order valence-electron chi connectivity index (χ3n) is 3.94. The molecule has 1 aromatic heterocycles. The first-order valence-corrected chi connectivity index (χ1v) is 8.49. The fraction of sp³-hybridized carbons (Fsp3) is 0.158. The van der Waals surface area contributed by atoms with Gasteiger partial charge in [-0.15, -0.1) is 0 Å². The van der Waals surface area contributed by atoms with Gasteiger partial charge in [-0.25, -0.2) is 0 Å². The van der Waals surface area contributed by atoms with Gasteiger partial charge in [0.15, 0.2) is 6.61 Å². The maximum absolute atomic E-state index is 12.8. The van der Waals surface area contributed by atoms with Crippen molar-refractivity contribution in [3.63, 3.8) is 0 Å². The second-order valence-electron chi connectivity index (χ2n) is 5.94. The number of halogens is 4. The van der Waals surface area contributed by atoms with Crippen LogP contribution >= 0.6 is 11.6 Å². The number of rotatable bonds is 5. The van der Waals surface area contributed by atoms with Crippen molar-refractivity contribution in [2.45, 2.75) is 12.6 Å². The van der Waals surface area contributed by atoms with Crippen LogP contribution in [0.3, 0.4) is 0 Å². The van der Waals surface area contributed by atoms with Gasteiger partial charge in [-0.2, -0.15) is 13.2 Å². The summed E-state index contributed by atoms with van der Waals surface area (Å²) in [6, 6.07) is 9.94. The molecule has 0 spiro atoms. The summed E-state index contributed by atoms with van der Waals surface area (Å²) in [5, 5.41) is 3.01. The number of hydrogen-bond donors (Lipinski definition) is 2.